The van der Waals surface area contributed by atoms with Gasteiger partial charge in [-0.15, -0.1) is 6.58 Å². The molecule has 2 amide bonds. The summed E-state index contributed by atoms with van der Waals surface area (Å²) in [7, 11) is 0. The zero-order valence-electron chi connectivity index (χ0n) is 12.5. The lowest BCUT2D eigenvalue weighted by Crippen LogP contribution is -2.36. The Kier molecular flexibility index (Phi) is 3.96. The highest BCUT2D eigenvalue weighted by atomic mass is 16.2. The smallest absolute Gasteiger partial charge is 0.319 e. The molecular formula is C19H20N2O. The summed E-state index contributed by atoms with van der Waals surface area (Å²) in [5, 5.41) is 5.85. The van der Waals surface area contributed by atoms with E-state index in [1.165, 1.54) is 5.56 Å². The zero-order chi connectivity index (χ0) is 15.4. The van der Waals surface area contributed by atoms with Crippen molar-refractivity contribution < 1.29 is 4.79 Å². The summed E-state index contributed by atoms with van der Waals surface area (Å²) < 4.78 is 0. The van der Waals surface area contributed by atoms with Crippen LogP contribution in [-0.4, -0.2) is 12.6 Å². The predicted molar refractivity (Wildman–Crippen MR) is 89.9 cm³/mol. The molecule has 3 heteroatoms. The normalized spacial score (nSPS) is 22.6. The molecule has 1 aliphatic rings. The highest BCUT2D eigenvalue weighted by molar-refractivity contribution is 5.89. The summed E-state index contributed by atoms with van der Waals surface area (Å²) in [6, 6.07) is 19.6. The van der Waals surface area contributed by atoms with Gasteiger partial charge in [0.05, 0.1) is 0 Å². The molecule has 2 aromatic carbocycles. The molecule has 1 fully saturated rings. The number of anilines is 1. The quantitative estimate of drug-likeness (QED) is 0.805. The average molecular weight is 292 g/mol. The molecule has 2 unspecified atom stereocenters. The van der Waals surface area contributed by atoms with E-state index in [-0.39, 0.29) is 11.4 Å². The average Bonchev–Trinajstić information content (AvgIpc) is 3.30. The van der Waals surface area contributed by atoms with Gasteiger partial charge in [0.2, 0.25) is 0 Å². The number of urea groups is 1. The summed E-state index contributed by atoms with van der Waals surface area (Å²) in [5.74, 6) is 0.423. The molecule has 0 aromatic heterocycles. The summed E-state index contributed by atoms with van der Waals surface area (Å²) in [6.07, 6.45) is 3.02. The molecule has 1 saturated carbocycles. The molecule has 2 N–H and O–H groups in total. The van der Waals surface area contributed by atoms with Gasteiger partial charge in [0.15, 0.2) is 0 Å². The molecular weight excluding hydrogens is 272 g/mol. The van der Waals surface area contributed by atoms with Crippen LogP contribution in [0.2, 0.25) is 0 Å². The molecule has 0 heterocycles. The van der Waals surface area contributed by atoms with Gasteiger partial charge in [-0.1, -0.05) is 54.6 Å². The van der Waals surface area contributed by atoms with Crippen molar-refractivity contribution in [3.05, 3.63) is 78.9 Å². The molecule has 2 atom stereocenters. The van der Waals surface area contributed by atoms with Crippen LogP contribution in [0.4, 0.5) is 10.5 Å². The number of hydrogen-bond acceptors (Lipinski definition) is 1. The second kappa shape index (κ2) is 6.06. The van der Waals surface area contributed by atoms with E-state index in [0.29, 0.717) is 12.5 Å². The molecule has 0 spiro atoms. The van der Waals surface area contributed by atoms with E-state index in [2.05, 4.69) is 29.3 Å². The van der Waals surface area contributed by atoms with Crippen molar-refractivity contribution in [1.82, 2.24) is 5.32 Å². The van der Waals surface area contributed by atoms with E-state index in [0.717, 1.165) is 12.1 Å². The van der Waals surface area contributed by atoms with Crippen LogP contribution in [0.3, 0.4) is 0 Å². The Bertz CT molecular complexity index is 654. The van der Waals surface area contributed by atoms with Gasteiger partial charge in [-0.3, -0.25) is 0 Å². The largest absolute Gasteiger partial charge is 0.337 e. The predicted octanol–water partition coefficient (Wildman–Crippen LogP) is 3.95. The fourth-order valence-electron chi connectivity index (χ4n) is 2.98. The second-order valence-corrected chi connectivity index (χ2v) is 5.74. The van der Waals surface area contributed by atoms with E-state index in [9.17, 15) is 4.79 Å². The Labute approximate surface area is 131 Å². The highest BCUT2D eigenvalue weighted by Gasteiger charge is 2.53. The lowest BCUT2D eigenvalue weighted by Gasteiger charge is -2.18. The maximum absolute atomic E-state index is 12.1. The number of allylic oxidation sites excluding steroid dienone is 1. The molecule has 0 bridgehead atoms. The van der Waals surface area contributed by atoms with Crippen LogP contribution in [0, 0.1) is 5.92 Å². The fraction of sp³-hybridized carbons (Fsp3) is 0.211. The van der Waals surface area contributed by atoms with Crippen molar-refractivity contribution in [3.8, 4) is 0 Å². The van der Waals surface area contributed by atoms with Gasteiger partial charge >= 0.3 is 6.03 Å². The van der Waals surface area contributed by atoms with E-state index in [1.54, 1.807) is 0 Å². The first kappa shape index (κ1) is 14.4. The number of carbonyl (C=O) groups excluding carboxylic acids is 1. The Hall–Kier alpha value is -2.55. The minimum absolute atomic E-state index is 0.00294. The molecule has 1 aliphatic carbocycles. The van der Waals surface area contributed by atoms with Crippen molar-refractivity contribution in [3.63, 3.8) is 0 Å². The first-order chi connectivity index (χ1) is 10.7. The third kappa shape index (κ3) is 2.89. The number of amides is 2. The summed E-state index contributed by atoms with van der Waals surface area (Å²) >= 11 is 0. The Morgan fingerprint density at radius 3 is 2.36 bits per heavy atom. The van der Waals surface area contributed by atoms with E-state index in [1.807, 2.05) is 54.6 Å². The SMILES string of the molecule is C=CC1CC1(CNC(=O)Nc1ccccc1)c1ccccc1. The molecule has 3 nitrogen and oxygen atoms in total. The second-order valence-electron chi connectivity index (χ2n) is 5.74. The minimum atomic E-state index is -0.170. The van der Waals surface area contributed by atoms with Crippen molar-refractivity contribution in [2.24, 2.45) is 5.92 Å². The maximum atomic E-state index is 12.1. The number of para-hydroxylation sites is 1. The van der Waals surface area contributed by atoms with Gasteiger partial charge < -0.3 is 10.6 Å². The minimum Gasteiger partial charge on any atom is -0.337 e. The summed E-state index contributed by atoms with van der Waals surface area (Å²) in [4.78, 5) is 12.1. The number of benzene rings is 2. The summed E-state index contributed by atoms with van der Waals surface area (Å²) in [6.45, 7) is 4.53. The molecule has 2 aromatic rings. The molecule has 3 rings (SSSR count). The van der Waals surface area contributed by atoms with Crippen molar-refractivity contribution >= 4 is 11.7 Å². The number of carbonyl (C=O) groups is 1. The lowest BCUT2D eigenvalue weighted by atomic mass is 9.93. The Balaban J connectivity index is 1.64. The highest BCUT2D eigenvalue weighted by Crippen LogP contribution is 2.54. The molecule has 0 saturated heterocycles. The van der Waals surface area contributed by atoms with Gasteiger partial charge in [0, 0.05) is 17.6 Å². The first-order valence-electron chi connectivity index (χ1n) is 7.52. The lowest BCUT2D eigenvalue weighted by molar-refractivity contribution is 0.251. The molecule has 112 valence electrons. The Morgan fingerprint density at radius 1 is 1.14 bits per heavy atom. The molecule has 0 radical (unpaired) electrons. The Morgan fingerprint density at radius 2 is 1.77 bits per heavy atom. The van der Waals surface area contributed by atoms with E-state index in [4.69, 9.17) is 0 Å². The van der Waals surface area contributed by atoms with Crippen LogP contribution < -0.4 is 10.6 Å². The van der Waals surface area contributed by atoms with Gasteiger partial charge in [-0.05, 0) is 30.0 Å². The first-order valence-corrected chi connectivity index (χ1v) is 7.52. The third-order valence-corrected chi connectivity index (χ3v) is 4.36. The number of hydrogen-bond donors (Lipinski definition) is 2. The molecule has 0 aliphatic heterocycles. The standard InChI is InChI=1S/C19H20N2O/c1-2-15-13-19(15,16-9-5-3-6-10-16)14-20-18(22)21-17-11-7-4-8-12-17/h2-12,15H,1,13-14H2,(H2,20,21,22). The van der Waals surface area contributed by atoms with Crippen LogP contribution in [0.25, 0.3) is 0 Å². The van der Waals surface area contributed by atoms with Crippen LogP contribution in [0.15, 0.2) is 73.3 Å². The van der Waals surface area contributed by atoms with Gasteiger partial charge in [-0.2, -0.15) is 0 Å². The van der Waals surface area contributed by atoms with Crippen molar-refractivity contribution in [1.29, 1.82) is 0 Å². The third-order valence-electron chi connectivity index (χ3n) is 4.36. The van der Waals surface area contributed by atoms with E-state index >= 15 is 0 Å². The van der Waals surface area contributed by atoms with Gasteiger partial charge in [0.1, 0.15) is 0 Å². The van der Waals surface area contributed by atoms with Gasteiger partial charge in [-0.25, -0.2) is 4.79 Å². The number of rotatable bonds is 5. The van der Waals surface area contributed by atoms with Crippen molar-refractivity contribution in [2.75, 3.05) is 11.9 Å². The number of nitrogens with one attached hydrogen (secondary N) is 2. The van der Waals surface area contributed by atoms with E-state index < -0.39 is 0 Å². The maximum Gasteiger partial charge on any atom is 0.319 e. The van der Waals surface area contributed by atoms with Crippen LogP contribution in [0.1, 0.15) is 12.0 Å². The van der Waals surface area contributed by atoms with Crippen LogP contribution in [-0.2, 0) is 5.41 Å². The molecule has 22 heavy (non-hydrogen) atoms. The summed E-state index contributed by atoms with van der Waals surface area (Å²) in [5.41, 5.74) is 2.06. The zero-order valence-corrected chi connectivity index (χ0v) is 12.5. The fourth-order valence-corrected chi connectivity index (χ4v) is 2.98. The van der Waals surface area contributed by atoms with Crippen LogP contribution >= 0.6 is 0 Å². The topological polar surface area (TPSA) is 41.1 Å². The van der Waals surface area contributed by atoms with Gasteiger partial charge in [0.25, 0.3) is 0 Å². The van der Waals surface area contributed by atoms with Crippen LogP contribution in [0.5, 0.6) is 0 Å². The monoisotopic (exact) mass is 292 g/mol. The van der Waals surface area contributed by atoms with Crippen molar-refractivity contribution in [2.45, 2.75) is 11.8 Å².